The molecule has 6 nitrogen and oxygen atoms in total. The number of aryl methyl sites for hydroxylation is 2. The second-order valence-corrected chi connectivity index (χ2v) is 7.50. The van der Waals surface area contributed by atoms with Crippen LogP contribution in [0.3, 0.4) is 0 Å². The van der Waals surface area contributed by atoms with E-state index >= 15 is 0 Å². The number of benzene rings is 1. The predicted molar refractivity (Wildman–Crippen MR) is 106 cm³/mol. The highest BCUT2D eigenvalue weighted by Gasteiger charge is 2.16. The molecule has 0 spiro atoms. The third-order valence-corrected chi connectivity index (χ3v) is 5.64. The number of hydrogen-bond donors (Lipinski definition) is 0. The van der Waals surface area contributed by atoms with Gasteiger partial charge in [0.2, 0.25) is 0 Å². The minimum atomic E-state index is -0.374. The van der Waals surface area contributed by atoms with Gasteiger partial charge in [0.05, 0.1) is 10.6 Å². The normalized spacial score (nSPS) is 11.0. The minimum Gasteiger partial charge on any atom is -0.265 e. The van der Waals surface area contributed by atoms with Gasteiger partial charge in [0.1, 0.15) is 4.83 Å². The van der Waals surface area contributed by atoms with Gasteiger partial charge in [-0.25, -0.2) is 9.97 Å². The number of nitro groups is 1. The molecule has 0 saturated carbocycles. The number of hydrogen-bond acceptors (Lipinski definition) is 6. The Hall–Kier alpha value is -3.19. The summed E-state index contributed by atoms with van der Waals surface area (Å²) in [5.41, 5.74) is 3.89. The molecule has 0 amide bonds. The fourth-order valence-electron chi connectivity index (χ4n) is 3.06. The van der Waals surface area contributed by atoms with E-state index in [1.165, 1.54) is 10.9 Å². The van der Waals surface area contributed by atoms with Gasteiger partial charge in [-0.3, -0.25) is 15.1 Å². The summed E-state index contributed by atoms with van der Waals surface area (Å²) in [6, 6.07) is 10.5. The van der Waals surface area contributed by atoms with Gasteiger partial charge >= 0.3 is 0 Å². The van der Waals surface area contributed by atoms with Gasteiger partial charge in [-0.05, 0) is 37.1 Å². The molecular weight excluding hydrogens is 360 g/mol. The number of fused-ring (bicyclic) bond motifs is 1. The molecule has 0 atom stereocenters. The monoisotopic (exact) mass is 376 g/mol. The number of nitrogens with zero attached hydrogens (tertiary/aromatic N) is 4. The number of aromatic nitrogens is 3. The van der Waals surface area contributed by atoms with E-state index < -0.39 is 0 Å². The molecule has 0 radical (unpaired) electrons. The van der Waals surface area contributed by atoms with Crippen molar-refractivity contribution >= 4 is 27.2 Å². The lowest BCUT2D eigenvalue weighted by Gasteiger charge is -2.08. The van der Waals surface area contributed by atoms with Crippen LogP contribution in [0.25, 0.3) is 21.6 Å². The maximum absolute atomic E-state index is 11.1. The summed E-state index contributed by atoms with van der Waals surface area (Å²) in [4.78, 5) is 26.5. The molecule has 0 aliphatic heterocycles. The Labute approximate surface area is 159 Å². The van der Waals surface area contributed by atoms with Crippen molar-refractivity contribution in [2.24, 2.45) is 0 Å². The van der Waals surface area contributed by atoms with E-state index in [9.17, 15) is 10.1 Å². The van der Waals surface area contributed by atoms with Crippen LogP contribution in [0.5, 0.6) is 0 Å². The van der Waals surface area contributed by atoms with Crippen LogP contribution < -0.4 is 0 Å². The first-order valence-electron chi connectivity index (χ1n) is 8.43. The van der Waals surface area contributed by atoms with Crippen LogP contribution in [-0.4, -0.2) is 19.9 Å². The number of non-ortho nitro benzene ring substituents is 1. The Bertz CT molecular complexity index is 1160. The Morgan fingerprint density at radius 1 is 1.11 bits per heavy atom. The molecule has 0 aliphatic carbocycles. The van der Waals surface area contributed by atoms with Crippen molar-refractivity contribution in [2.45, 2.75) is 20.3 Å². The number of rotatable bonds is 4. The predicted octanol–water partition coefficient (Wildman–Crippen LogP) is 4.87. The third-order valence-electron chi connectivity index (χ3n) is 4.54. The third kappa shape index (κ3) is 3.29. The highest BCUT2D eigenvalue weighted by Crippen LogP contribution is 2.33. The largest absolute Gasteiger partial charge is 0.269 e. The number of thiophene rings is 1. The molecule has 0 bridgehead atoms. The minimum absolute atomic E-state index is 0.0883. The van der Waals surface area contributed by atoms with Gasteiger partial charge in [-0.15, -0.1) is 11.3 Å². The average Bonchev–Trinajstić information content (AvgIpc) is 2.97. The number of pyridine rings is 1. The quantitative estimate of drug-likeness (QED) is 0.375. The second-order valence-electron chi connectivity index (χ2n) is 6.30. The Balaban J connectivity index is 1.87. The van der Waals surface area contributed by atoms with Crippen molar-refractivity contribution in [1.29, 1.82) is 0 Å². The molecule has 134 valence electrons. The zero-order chi connectivity index (χ0) is 19.0. The molecule has 0 fully saturated rings. The van der Waals surface area contributed by atoms with Crippen molar-refractivity contribution in [1.82, 2.24) is 15.0 Å². The Morgan fingerprint density at radius 2 is 1.89 bits per heavy atom. The topological polar surface area (TPSA) is 81.8 Å². The molecule has 0 unspecified atom stereocenters. The van der Waals surface area contributed by atoms with Gasteiger partial charge in [0.25, 0.3) is 5.69 Å². The standard InChI is InChI=1S/C20H16N4O2S/c1-12-13(2)27-20-18(12)17(11-14-4-3-5-16(10-14)24(25)26)22-19(23-20)15-6-8-21-9-7-15/h3-10H,11H2,1-2H3. The first-order valence-corrected chi connectivity index (χ1v) is 9.25. The fraction of sp³-hybridized carbons (Fsp3) is 0.150. The molecule has 3 heterocycles. The second kappa shape index (κ2) is 6.85. The van der Waals surface area contributed by atoms with E-state index in [1.54, 1.807) is 35.9 Å². The van der Waals surface area contributed by atoms with Crippen molar-refractivity contribution in [3.63, 3.8) is 0 Å². The molecular formula is C20H16N4O2S. The Morgan fingerprint density at radius 3 is 2.63 bits per heavy atom. The van der Waals surface area contributed by atoms with Crippen LogP contribution in [0.15, 0.2) is 48.8 Å². The molecule has 7 heteroatoms. The van der Waals surface area contributed by atoms with Crippen molar-refractivity contribution < 1.29 is 4.92 Å². The van der Waals surface area contributed by atoms with E-state index in [-0.39, 0.29) is 10.6 Å². The van der Waals surface area contributed by atoms with Crippen LogP contribution in [-0.2, 0) is 6.42 Å². The molecule has 4 aromatic rings. The molecule has 3 aromatic heterocycles. The first-order chi connectivity index (χ1) is 13.0. The molecule has 0 saturated heterocycles. The fourth-order valence-corrected chi connectivity index (χ4v) is 4.11. The van der Waals surface area contributed by atoms with Crippen molar-refractivity contribution in [3.8, 4) is 11.4 Å². The zero-order valence-electron chi connectivity index (χ0n) is 14.8. The first kappa shape index (κ1) is 17.2. The molecule has 0 N–H and O–H groups in total. The number of nitro benzene ring substituents is 1. The zero-order valence-corrected chi connectivity index (χ0v) is 15.7. The maximum atomic E-state index is 11.1. The smallest absolute Gasteiger partial charge is 0.265 e. The molecule has 1 aromatic carbocycles. The van der Waals surface area contributed by atoms with Crippen LogP contribution in [0.2, 0.25) is 0 Å². The maximum Gasteiger partial charge on any atom is 0.269 e. The summed E-state index contributed by atoms with van der Waals surface area (Å²) in [7, 11) is 0. The highest BCUT2D eigenvalue weighted by atomic mass is 32.1. The van der Waals surface area contributed by atoms with Gasteiger partial charge in [-0.1, -0.05) is 12.1 Å². The molecule has 27 heavy (non-hydrogen) atoms. The van der Waals surface area contributed by atoms with Gasteiger partial charge < -0.3 is 0 Å². The van der Waals surface area contributed by atoms with Crippen LogP contribution >= 0.6 is 11.3 Å². The summed E-state index contributed by atoms with van der Waals surface area (Å²) < 4.78 is 0. The van der Waals surface area contributed by atoms with Gasteiger partial charge in [-0.2, -0.15) is 0 Å². The van der Waals surface area contributed by atoms with Crippen LogP contribution in [0.4, 0.5) is 5.69 Å². The average molecular weight is 376 g/mol. The lowest BCUT2D eigenvalue weighted by atomic mass is 10.0. The van der Waals surface area contributed by atoms with E-state index in [1.807, 2.05) is 18.2 Å². The van der Waals surface area contributed by atoms with Crippen molar-refractivity contribution in [2.75, 3.05) is 0 Å². The summed E-state index contributed by atoms with van der Waals surface area (Å²) in [6.07, 6.45) is 3.94. The van der Waals surface area contributed by atoms with E-state index in [4.69, 9.17) is 9.97 Å². The Kier molecular flexibility index (Phi) is 4.37. The van der Waals surface area contributed by atoms with E-state index in [0.717, 1.165) is 32.6 Å². The highest BCUT2D eigenvalue weighted by molar-refractivity contribution is 7.18. The summed E-state index contributed by atoms with van der Waals surface area (Å²) in [5.74, 6) is 0.645. The van der Waals surface area contributed by atoms with Gasteiger partial charge in [0, 0.05) is 46.8 Å². The lowest BCUT2D eigenvalue weighted by Crippen LogP contribution is -1.99. The van der Waals surface area contributed by atoms with E-state index in [0.29, 0.717) is 12.2 Å². The SMILES string of the molecule is Cc1sc2nc(-c3ccncc3)nc(Cc3cccc([N+](=O)[O-])c3)c2c1C. The van der Waals surface area contributed by atoms with Crippen LogP contribution in [0.1, 0.15) is 21.7 Å². The summed E-state index contributed by atoms with van der Waals surface area (Å²) >= 11 is 1.65. The molecule has 4 rings (SSSR count). The van der Waals surface area contributed by atoms with Crippen LogP contribution in [0, 0.1) is 24.0 Å². The van der Waals surface area contributed by atoms with Gasteiger partial charge in [0.15, 0.2) is 5.82 Å². The summed E-state index contributed by atoms with van der Waals surface area (Å²) in [6.45, 7) is 4.14. The van der Waals surface area contributed by atoms with E-state index in [2.05, 4.69) is 18.8 Å². The lowest BCUT2D eigenvalue weighted by molar-refractivity contribution is -0.384. The molecule has 0 aliphatic rings. The van der Waals surface area contributed by atoms with Crippen molar-refractivity contribution in [3.05, 3.63) is 80.6 Å². The summed E-state index contributed by atoms with van der Waals surface area (Å²) in [5, 5.41) is 12.1.